The number of rotatable bonds is 50. The van der Waals surface area contributed by atoms with E-state index in [4.69, 9.17) is 0 Å². The Kier molecular flexibility index (Phi) is 51.8. The van der Waals surface area contributed by atoms with Crippen LogP contribution in [0.5, 0.6) is 0 Å². The van der Waals surface area contributed by atoms with E-state index in [1.807, 2.05) is 6.08 Å². The van der Waals surface area contributed by atoms with Crippen molar-refractivity contribution in [2.24, 2.45) is 0 Å². The third-order valence-electron chi connectivity index (χ3n) is 12.5. The van der Waals surface area contributed by atoms with Gasteiger partial charge in [-0.3, -0.25) is 4.79 Å². The molecule has 0 saturated carbocycles. The van der Waals surface area contributed by atoms with Crippen molar-refractivity contribution < 1.29 is 15.0 Å². The van der Waals surface area contributed by atoms with Gasteiger partial charge in [0.05, 0.1) is 18.8 Å². The van der Waals surface area contributed by atoms with Crippen LogP contribution in [-0.4, -0.2) is 34.9 Å². The van der Waals surface area contributed by atoms with Crippen molar-refractivity contribution in [2.45, 2.75) is 296 Å². The van der Waals surface area contributed by atoms with Gasteiger partial charge in [-0.2, -0.15) is 0 Å². The van der Waals surface area contributed by atoms with E-state index < -0.39 is 12.1 Å². The highest BCUT2D eigenvalue weighted by molar-refractivity contribution is 5.76. The van der Waals surface area contributed by atoms with E-state index in [0.717, 1.165) is 44.9 Å². The van der Waals surface area contributed by atoms with Crippen LogP contribution >= 0.6 is 0 Å². The number of unbranched alkanes of at least 4 members (excludes halogenated alkanes) is 35. The highest BCUT2D eigenvalue weighted by Crippen LogP contribution is 2.16. The molecule has 1 amide bonds. The van der Waals surface area contributed by atoms with Crippen LogP contribution in [0.3, 0.4) is 0 Å². The zero-order chi connectivity index (χ0) is 44.9. The van der Waals surface area contributed by atoms with Gasteiger partial charge in [0.25, 0.3) is 0 Å². The van der Waals surface area contributed by atoms with E-state index >= 15 is 0 Å². The number of hydrogen-bond donors (Lipinski definition) is 3. The predicted octanol–water partition coefficient (Wildman–Crippen LogP) is 18.0. The minimum Gasteiger partial charge on any atom is -0.394 e. The molecule has 362 valence electrons. The largest absolute Gasteiger partial charge is 0.394 e. The minimum absolute atomic E-state index is 0.0820. The second-order valence-electron chi connectivity index (χ2n) is 18.6. The molecule has 0 aromatic carbocycles. The lowest BCUT2D eigenvalue weighted by Crippen LogP contribution is -2.45. The van der Waals surface area contributed by atoms with Crippen molar-refractivity contribution in [3.8, 4) is 0 Å². The molecular formula is C58H107NO3. The summed E-state index contributed by atoms with van der Waals surface area (Å²) in [4.78, 5) is 12.4. The Labute approximate surface area is 387 Å². The molecule has 4 nitrogen and oxygen atoms in total. The molecule has 3 N–H and O–H groups in total. The van der Waals surface area contributed by atoms with Crippen molar-refractivity contribution in [2.75, 3.05) is 6.61 Å². The first-order valence-electron chi connectivity index (χ1n) is 27.5. The van der Waals surface area contributed by atoms with Crippen molar-refractivity contribution in [3.63, 3.8) is 0 Å². The molecule has 0 saturated heterocycles. The molecule has 2 atom stereocenters. The number of carbonyl (C=O) groups excluding carboxylic acids is 1. The van der Waals surface area contributed by atoms with Gasteiger partial charge in [-0.25, -0.2) is 0 Å². The second-order valence-corrected chi connectivity index (χ2v) is 18.6. The van der Waals surface area contributed by atoms with Crippen molar-refractivity contribution in [1.29, 1.82) is 0 Å². The van der Waals surface area contributed by atoms with Gasteiger partial charge < -0.3 is 15.5 Å². The number of allylic oxidation sites excluding steroid dienone is 9. The van der Waals surface area contributed by atoms with E-state index in [9.17, 15) is 15.0 Å². The third-order valence-corrected chi connectivity index (χ3v) is 12.5. The highest BCUT2D eigenvalue weighted by Gasteiger charge is 2.17. The third kappa shape index (κ3) is 49.1. The maximum Gasteiger partial charge on any atom is 0.220 e. The van der Waals surface area contributed by atoms with Gasteiger partial charge in [0.1, 0.15) is 0 Å². The second kappa shape index (κ2) is 53.4. The quantitative estimate of drug-likeness (QED) is 0.0421. The fourth-order valence-electron chi connectivity index (χ4n) is 8.24. The van der Waals surface area contributed by atoms with E-state index in [2.05, 4.69) is 67.8 Å². The normalized spacial score (nSPS) is 13.3. The van der Waals surface area contributed by atoms with E-state index in [1.165, 1.54) is 218 Å². The molecule has 0 fully saturated rings. The highest BCUT2D eigenvalue weighted by atomic mass is 16.3. The monoisotopic (exact) mass is 866 g/mol. The smallest absolute Gasteiger partial charge is 0.220 e. The van der Waals surface area contributed by atoms with E-state index in [-0.39, 0.29) is 12.5 Å². The van der Waals surface area contributed by atoms with Crippen LogP contribution in [-0.2, 0) is 4.79 Å². The van der Waals surface area contributed by atoms with Crippen molar-refractivity contribution >= 4 is 5.91 Å². The molecule has 0 aromatic rings. The van der Waals surface area contributed by atoms with E-state index in [0.29, 0.717) is 6.42 Å². The lowest BCUT2D eigenvalue weighted by atomic mass is 10.0. The van der Waals surface area contributed by atoms with E-state index in [1.54, 1.807) is 6.08 Å². The molecule has 62 heavy (non-hydrogen) atoms. The van der Waals surface area contributed by atoms with Crippen molar-refractivity contribution in [1.82, 2.24) is 5.32 Å². The summed E-state index contributed by atoms with van der Waals surface area (Å²) in [5.41, 5.74) is 0. The van der Waals surface area contributed by atoms with Gasteiger partial charge in [0.15, 0.2) is 0 Å². The van der Waals surface area contributed by atoms with Crippen LogP contribution in [0, 0.1) is 0 Å². The molecular weight excluding hydrogens is 759 g/mol. The Balaban J connectivity index is 3.56. The number of hydrogen-bond acceptors (Lipinski definition) is 3. The molecule has 0 aliphatic rings. The number of amides is 1. The fourth-order valence-corrected chi connectivity index (χ4v) is 8.24. The summed E-state index contributed by atoms with van der Waals surface area (Å²) in [5.74, 6) is -0.0820. The molecule has 0 heterocycles. The van der Waals surface area contributed by atoms with Crippen LogP contribution in [0.1, 0.15) is 284 Å². The summed E-state index contributed by atoms with van der Waals surface area (Å²) in [7, 11) is 0. The molecule has 0 aliphatic carbocycles. The Bertz CT molecular complexity index is 1030. The van der Waals surface area contributed by atoms with Crippen LogP contribution in [0.15, 0.2) is 60.8 Å². The number of aliphatic hydroxyl groups is 2. The summed E-state index contributed by atoms with van der Waals surface area (Å²) < 4.78 is 0. The Morgan fingerprint density at radius 2 is 0.677 bits per heavy atom. The summed E-state index contributed by atoms with van der Waals surface area (Å²) in [6, 6.07) is -0.651. The van der Waals surface area contributed by atoms with Gasteiger partial charge in [-0.05, 0) is 77.0 Å². The van der Waals surface area contributed by atoms with Gasteiger partial charge in [-0.15, -0.1) is 0 Å². The first-order chi connectivity index (χ1) is 30.7. The maximum atomic E-state index is 12.4. The molecule has 0 radical (unpaired) electrons. The summed E-state index contributed by atoms with van der Waals surface area (Å²) in [6.07, 6.45) is 75.2. The standard InChI is InChI=1S/C58H107NO3/c1-3-5-7-9-11-13-15-17-19-21-23-24-25-26-27-28-29-30-31-32-33-34-36-37-39-41-43-45-47-49-51-53-57(61)56(55-60)59-58(62)54-52-50-48-46-44-42-40-38-35-22-20-18-16-14-12-10-8-6-4-2/h12,14,18,20,36-37,43,45,51,53,56-57,60-61H,3-11,13,15-17,19,21-35,38-42,44,46-50,52,54-55H2,1-2H3,(H,59,62)/b14-12-,20-18-,37-36+,45-43+,53-51+. The molecule has 2 unspecified atom stereocenters. The Hall–Kier alpha value is -1.91. The molecule has 0 aromatic heterocycles. The van der Waals surface area contributed by atoms with Gasteiger partial charge in [0.2, 0.25) is 5.91 Å². The summed E-state index contributed by atoms with van der Waals surface area (Å²) in [5, 5.41) is 23.1. The summed E-state index contributed by atoms with van der Waals surface area (Å²) >= 11 is 0. The first-order valence-corrected chi connectivity index (χ1v) is 27.5. The zero-order valence-electron chi connectivity index (χ0n) is 41.6. The fraction of sp³-hybridized carbons (Fsp3) is 0.810. The lowest BCUT2D eigenvalue weighted by molar-refractivity contribution is -0.123. The number of carbonyl (C=O) groups is 1. The minimum atomic E-state index is -0.875. The first kappa shape index (κ1) is 60.1. The average Bonchev–Trinajstić information content (AvgIpc) is 3.28. The SMILES string of the molecule is CCCCC/C=C\C/C=C\CCCCCCCCCCCC(=O)NC(CO)C(O)/C=C/CC/C=C/CC/C=C/CCCCCCCCCCCCCCCCCCCCCCC. The topological polar surface area (TPSA) is 69.6 Å². The van der Waals surface area contributed by atoms with Crippen LogP contribution in [0.25, 0.3) is 0 Å². The van der Waals surface area contributed by atoms with Gasteiger partial charge in [0, 0.05) is 6.42 Å². The Morgan fingerprint density at radius 1 is 0.387 bits per heavy atom. The summed E-state index contributed by atoms with van der Waals surface area (Å²) in [6.45, 7) is 4.29. The number of nitrogens with one attached hydrogen (secondary N) is 1. The Morgan fingerprint density at radius 3 is 1.06 bits per heavy atom. The van der Waals surface area contributed by atoms with Crippen LogP contribution in [0.4, 0.5) is 0 Å². The van der Waals surface area contributed by atoms with Gasteiger partial charge in [-0.1, -0.05) is 261 Å². The van der Waals surface area contributed by atoms with Gasteiger partial charge >= 0.3 is 0 Å². The molecule has 0 spiro atoms. The zero-order valence-corrected chi connectivity index (χ0v) is 41.6. The van der Waals surface area contributed by atoms with Crippen LogP contribution < -0.4 is 5.32 Å². The molecule has 0 rings (SSSR count). The molecule has 0 aliphatic heterocycles. The maximum absolute atomic E-state index is 12.4. The predicted molar refractivity (Wildman–Crippen MR) is 276 cm³/mol. The van der Waals surface area contributed by atoms with Crippen LogP contribution in [0.2, 0.25) is 0 Å². The number of aliphatic hydroxyl groups excluding tert-OH is 2. The molecule has 0 bridgehead atoms. The average molecular weight is 866 g/mol. The van der Waals surface area contributed by atoms with Crippen molar-refractivity contribution in [3.05, 3.63) is 60.8 Å². The lowest BCUT2D eigenvalue weighted by Gasteiger charge is -2.19. The molecule has 4 heteroatoms.